The molecule has 80 heavy (non-hydrogen) atoms. The average molecular weight is 1120 g/mol. The van der Waals surface area contributed by atoms with E-state index in [2.05, 4.69) is 57.2 Å². The Morgan fingerprint density at radius 2 is 0.450 bits per heavy atom. The van der Waals surface area contributed by atoms with E-state index in [4.69, 9.17) is 14.2 Å². The van der Waals surface area contributed by atoms with Crippen LogP contribution in [-0.4, -0.2) is 37.2 Å². The van der Waals surface area contributed by atoms with Gasteiger partial charge in [0, 0.05) is 19.3 Å². The summed E-state index contributed by atoms with van der Waals surface area (Å²) in [6.45, 7) is 6.69. The molecule has 0 bridgehead atoms. The van der Waals surface area contributed by atoms with Gasteiger partial charge >= 0.3 is 17.9 Å². The van der Waals surface area contributed by atoms with Crippen molar-refractivity contribution in [2.75, 3.05) is 13.2 Å². The third-order valence-electron chi connectivity index (χ3n) is 16.4. The molecule has 0 saturated carbocycles. The molecule has 0 aliphatic heterocycles. The Kier molecular flexibility index (Phi) is 67.1. The second kappa shape index (κ2) is 69.1. The molecule has 6 nitrogen and oxygen atoms in total. The molecule has 0 aromatic rings. The number of hydrogen-bond donors (Lipinski definition) is 0. The molecule has 0 heterocycles. The van der Waals surface area contributed by atoms with Gasteiger partial charge in [0.2, 0.25) is 0 Å². The van der Waals surface area contributed by atoms with Crippen LogP contribution in [0, 0.1) is 0 Å². The van der Waals surface area contributed by atoms with Crippen molar-refractivity contribution in [2.45, 2.75) is 406 Å². The predicted molar refractivity (Wildman–Crippen MR) is 349 cm³/mol. The number of hydrogen-bond acceptors (Lipinski definition) is 6. The van der Waals surface area contributed by atoms with Gasteiger partial charge in [0.15, 0.2) is 6.10 Å². The minimum Gasteiger partial charge on any atom is -0.462 e. The second-order valence-corrected chi connectivity index (χ2v) is 24.5. The van der Waals surface area contributed by atoms with E-state index < -0.39 is 6.10 Å². The molecule has 0 N–H and O–H groups in total. The Hall–Kier alpha value is -2.37. The van der Waals surface area contributed by atoms with Gasteiger partial charge in [0.25, 0.3) is 0 Å². The summed E-state index contributed by atoms with van der Waals surface area (Å²) in [6.07, 6.45) is 86.0. The topological polar surface area (TPSA) is 78.9 Å². The maximum absolute atomic E-state index is 13.0. The predicted octanol–water partition coefficient (Wildman–Crippen LogP) is 24.7. The van der Waals surface area contributed by atoms with Gasteiger partial charge in [-0.15, -0.1) is 0 Å². The van der Waals surface area contributed by atoms with E-state index in [9.17, 15) is 14.4 Å². The average Bonchev–Trinajstić information content (AvgIpc) is 3.46. The Morgan fingerprint density at radius 1 is 0.250 bits per heavy atom. The van der Waals surface area contributed by atoms with Crippen LogP contribution >= 0.6 is 0 Å². The monoisotopic (exact) mass is 1120 g/mol. The summed E-state index contributed by atoms with van der Waals surface area (Å²) < 4.78 is 17.0. The minimum absolute atomic E-state index is 0.0702. The smallest absolute Gasteiger partial charge is 0.306 e. The van der Waals surface area contributed by atoms with E-state index in [0.717, 1.165) is 77.0 Å². The van der Waals surface area contributed by atoms with Crippen molar-refractivity contribution in [3.05, 3.63) is 36.5 Å². The third-order valence-corrected chi connectivity index (χ3v) is 16.4. The normalized spacial score (nSPS) is 12.2. The van der Waals surface area contributed by atoms with Gasteiger partial charge < -0.3 is 14.2 Å². The molecule has 470 valence electrons. The van der Waals surface area contributed by atoms with Crippen molar-refractivity contribution >= 4 is 17.9 Å². The Bertz CT molecular complexity index is 1340. The highest BCUT2D eigenvalue weighted by atomic mass is 16.6. The van der Waals surface area contributed by atoms with Crippen molar-refractivity contribution in [3.63, 3.8) is 0 Å². The first-order chi connectivity index (χ1) is 39.5. The van der Waals surface area contributed by atoms with Crippen molar-refractivity contribution in [1.29, 1.82) is 0 Å². The molecule has 0 aromatic heterocycles. The van der Waals surface area contributed by atoms with Gasteiger partial charge in [-0.1, -0.05) is 359 Å². The van der Waals surface area contributed by atoms with Gasteiger partial charge in [0.1, 0.15) is 13.2 Å². The summed E-state index contributed by atoms with van der Waals surface area (Å²) in [5.74, 6) is -0.850. The van der Waals surface area contributed by atoms with Crippen molar-refractivity contribution in [3.8, 4) is 0 Å². The molecule has 0 radical (unpaired) electrons. The largest absolute Gasteiger partial charge is 0.462 e. The molecule has 0 fully saturated rings. The maximum atomic E-state index is 13.0. The SMILES string of the molecule is CCCCC/C=C\C/C=C\C/C=C\CCCCCCCCC(=O)OCC(COC(=O)CCCCCCCCCCCCCCCCCCCCCCCC)OC(=O)CCCCCCCCCCCCCCCCCCCCCCC. The molecular weight excluding hydrogens is 985 g/mol. The van der Waals surface area contributed by atoms with Gasteiger partial charge in [0.05, 0.1) is 0 Å². The lowest BCUT2D eigenvalue weighted by Crippen LogP contribution is -2.30. The fraction of sp³-hybridized carbons (Fsp3) is 0.878. The van der Waals surface area contributed by atoms with Crippen LogP contribution in [0.4, 0.5) is 0 Å². The van der Waals surface area contributed by atoms with Crippen LogP contribution in [-0.2, 0) is 28.6 Å². The Labute approximate surface area is 499 Å². The van der Waals surface area contributed by atoms with E-state index in [0.29, 0.717) is 19.3 Å². The van der Waals surface area contributed by atoms with Gasteiger partial charge in [-0.25, -0.2) is 0 Å². The Morgan fingerprint density at radius 3 is 0.725 bits per heavy atom. The molecule has 6 heteroatoms. The van der Waals surface area contributed by atoms with Crippen LogP contribution in [0.3, 0.4) is 0 Å². The fourth-order valence-electron chi connectivity index (χ4n) is 11.0. The fourth-order valence-corrected chi connectivity index (χ4v) is 11.0. The molecule has 0 aliphatic carbocycles. The number of rotatable bonds is 67. The van der Waals surface area contributed by atoms with Gasteiger partial charge in [-0.3, -0.25) is 14.4 Å². The highest BCUT2D eigenvalue weighted by Gasteiger charge is 2.19. The van der Waals surface area contributed by atoms with E-state index in [-0.39, 0.29) is 31.1 Å². The molecule has 0 spiro atoms. The van der Waals surface area contributed by atoms with Crippen LogP contribution in [0.5, 0.6) is 0 Å². The molecular formula is C74H138O6. The number of unbranched alkanes of at least 4 members (excludes halogenated alkanes) is 50. The highest BCUT2D eigenvalue weighted by Crippen LogP contribution is 2.19. The van der Waals surface area contributed by atoms with Crippen LogP contribution in [0.25, 0.3) is 0 Å². The lowest BCUT2D eigenvalue weighted by atomic mass is 10.0. The lowest BCUT2D eigenvalue weighted by Gasteiger charge is -2.18. The number of allylic oxidation sites excluding steroid dienone is 6. The van der Waals surface area contributed by atoms with E-state index in [1.165, 1.54) is 283 Å². The first-order valence-corrected chi connectivity index (χ1v) is 36.0. The van der Waals surface area contributed by atoms with Crippen molar-refractivity contribution in [2.24, 2.45) is 0 Å². The third kappa shape index (κ3) is 66.4. The summed E-state index contributed by atoms with van der Waals surface area (Å²) >= 11 is 0. The number of ether oxygens (including phenoxy) is 3. The molecule has 0 amide bonds. The first-order valence-electron chi connectivity index (χ1n) is 36.0. The number of carbonyl (C=O) groups is 3. The zero-order chi connectivity index (χ0) is 57.8. The van der Waals surface area contributed by atoms with Gasteiger partial charge in [-0.2, -0.15) is 0 Å². The summed E-state index contributed by atoms with van der Waals surface area (Å²) in [5.41, 5.74) is 0. The molecule has 0 aromatic carbocycles. The minimum atomic E-state index is -0.776. The first kappa shape index (κ1) is 77.6. The lowest BCUT2D eigenvalue weighted by molar-refractivity contribution is -0.167. The summed E-state index contributed by atoms with van der Waals surface area (Å²) in [5, 5.41) is 0. The number of esters is 3. The van der Waals surface area contributed by atoms with Crippen LogP contribution in [0.1, 0.15) is 400 Å². The summed E-state index contributed by atoms with van der Waals surface area (Å²) in [7, 11) is 0. The second-order valence-electron chi connectivity index (χ2n) is 24.5. The summed E-state index contributed by atoms with van der Waals surface area (Å²) in [4.78, 5) is 38.5. The van der Waals surface area contributed by atoms with Crippen molar-refractivity contribution < 1.29 is 28.6 Å². The van der Waals surface area contributed by atoms with Crippen LogP contribution < -0.4 is 0 Å². The van der Waals surface area contributed by atoms with Crippen LogP contribution in [0.2, 0.25) is 0 Å². The Balaban J connectivity index is 4.32. The van der Waals surface area contributed by atoms with Crippen molar-refractivity contribution in [1.82, 2.24) is 0 Å². The standard InChI is InChI=1S/C74H138O6/c1-4-7-10-13-16-19-22-25-28-31-34-36-38-40-43-46-49-52-55-58-61-64-67-73(76)79-70-71(69-78-72(75)66-63-60-57-54-51-48-45-42-39-33-30-27-24-21-18-15-12-9-6-3)80-74(77)68-65-62-59-56-53-50-47-44-41-37-35-32-29-26-23-20-17-14-11-8-5-2/h18,21,27,30,39,42,71H,4-17,19-20,22-26,28-29,31-38,40-41,43-70H2,1-3H3/b21-18-,30-27-,42-39-. The quantitative estimate of drug-likeness (QED) is 0.0261. The van der Waals surface area contributed by atoms with Gasteiger partial charge in [-0.05, 0) is 57.8 Å². The molecule has 1 atom stereocenters. The molecule has 1 unspecified atom stereocenters. The maximum Gasteiger partial charge on any atom is 0.306 e. The molecule has 0 rings (SSSR count). The van der Waals surface area contributed by atoms with E-state index in [1.54, 1.807) is 0 Å². The van der Waals surface area contributed by atoms with E-state index >= 15 is 0 Å². The molecule has 0 aliphatic rings. The van der Waals surface area contributed by atoms with E-state index in [1.807, 2.05) is 0 Å². The number of carbonyl (C=O) groups excluding carboxylic acids is 3. The molecule has 0 saturated heterocycles. The zero-order valence-corrected chi connectivity index (χ0v) is 54.1. The summed E-state index contributed by atoms with van der Waals surface area (Å²) in [6, 6.07) is 0. The zero-order valence-electron chi connectivity index (χ0n) is 54.1. The highest BCUT2D eigenvalue weighted by molar-refractivity contribution is 5.71. The van der Waals surface area contributed by atoms with Crippen LogP contribution in [0.15, 0.2) is 36.5 Å².